The molecule has 33 heavy (non-hydrogen) atoms. The molecule has 0 radical (unpaired) electrons. The van der Waals surface area contributed by atoms with Gasteiger partial charge in [-0.3, -0.25) is 4.79 Å². The number of benzene rings is 1. The van der Waals surface area contributed by atoms with Gasteiger partial charge in [-0.1, -0.05) is 11.2 Å². The van der Waals surface area contributed by atoms with Crippen molar-refractivity contribution >= 4 is 39.2 Å². The number of aromatic amines is 1. The predicted octanol–water partition coefficient (Wildman–Crippen LogP) is 4.17. The first-order chi connectivity index (χ1) is 16.1. The maximum absolute atomic E-state index is 12.9. The van der Waals surface area contributed by atoms with Crippen LogP contribution in [0, 0.1) is 0 Å². The smallest absolute Gasteiger partial charge is 0.270 e. The number of H-pyrrole nitrogens is 1. The molecule has 0 unspecified atom stereocenters. The summed E-state index contributed by atoms with van der Waals surface area (Å²) in [6.45, 7) is 1.23. The number of carbonyl (C=O) groups excluding carboxylic acids is 1. The molecule has 3 N–H and O–H groups in total. The minimum absolute atomic E-state index is 0.195. The fourth-order valence-electron chi connectivity index (χ4n) is 3.15. The van der Waals surface area contributed by atoms with Crippen LogP contribution in [0.15, 0.2) is 52.8 Å². The lowest BCUT2D eigenvalue weighted by Crippen LogP contribution is -2.27. The van der Waals surface area contributed by atoms with Gasteiger partial charge in [-0.05, 0) is 24.6 Å². The van der Waals surface area contributed by atoms with E-state index in [1.807, 2.05) is 5.38 Å². The Morgan fingerprint density at radius 2 is 2.15 bits per heavy atom. The number of aromatic nitrogens is 6. The molecule has 166 valence electrons. The number of alkyl halides is 1. The average molecular weight is 464 g/mol. The van der Waals surface area contributed by atoms with Crippen molar-refractivity contribution in [2.45, 2.75) is 19.6 Å². The molecule has 1 aromatic carbocycles. The molecule has 10 nitrogen and oxygen atoms in total. The third-order valence-electron chi connectivity index (χ3n) is 4.82. The van der Waals surface area contributed by atoms with E-state index in [0.29, 0.717) is 44.8 Å². The van der Waals surface area contributed by atoms with E-state index < -0.39 is 12.7 Å². The fraction of sp³-hybridized carbons (Fsp3) is 0.143. The fourth-order valence-corrected chi connectivity index (χ4v) is 3.69. The van der Waals surface area contributed by atoms with E-state index in [-0.39, 0.29) is 11.6 Å². The quantitative estimate of drug-likeness (QED) is 0.327. The van der Waals surface area contributed by atoms with Gasteiger partial charge in [-0.25, -0.2) is 24.3 Å². The summed E-state index contributed by atoms with van der Waals surface area (Å²) in [7, 11) is 0. The van der Waals surface area contributed by atoms with Crippen LogP contribution in [0.5, 0.6) is 0 Å². The molecule has 5 aromatic rings. The van der Waals surface area contributed by atoms with Gasteiger partial charge in [0.2, 0.25) is 5.76 Å². The molecule has 0 aliphatic rings. The summed E-state index contributed by atoms with van der Waals surface area (Å²) in [6.07, 6.45) is 2.97. The molecule has 4 heterocycles. The molecule has 0 aliphatic carbocycles. The molecule has 0 saturated heterocycles. The molecule has 0 bridgehead atoms. The van der Waals surface area contributed by atoms with Crippen molar-refractivity contribution < 1.29 is 13.7 Å². The minimum Gasteiger partial charge on any atom is -0.353 e. The van der Waals surface area contributed by atoms with Crippen LogP contribution in [0.1, 0.15) is 34.7 Å². The highest BCUT2D eigenvalue weighted by molar-refractivity contribution is 7.13. The molecule has 0 fully saturated rings. The molecule has 4 aromatic heterocycles. The van der Waals surface area contributed by atoms with E-state index in [9.17, 15) is 9.18 Å². The normalized spacial score (nSPS) is 12.1. The Hall–Kier alpha value is -4.19. The number of imidazole rings is 1. The zero-order valence-electron chi connectivity index (χ0n) is 17.2. The van der Waals surface area contributed by atoms with Crippen LogP contribution in [0.4, 0.5) is 15.3 Å². The Morgan fingerprint density at radius 3 is 2.97 bits per heavy atom. The zero-order chi connectivity index (χ0) is 22.8. The summed E-state index contributed by atoms with van der Waals surface area (Å²) >= 11 is 1.42. The van der Waals surface area contributed by atoms with Gasteiger partial charge in [-0.15, -0.1) is 11.3 Å². The molecule has 1 amide bonds. The summed E-state index contributed by atoms with van der Waals surface area (Å²) in [5.74, 6) is 0.939. The lowest BCUT2D eigenvalue weighted by molar-refractivity contribution is 0.0933. The number of anilines is 2. The van der Waals surface area contributed by atoms with Crippen molar-refractivity contribution in [3.05, 3.63) is 65.2 Å². The molecule has 0 saturated carbocycles. The van der Waals surface area contributed by atoms with Gasteiger partial charge in [0.15, 0.2) is 11.0 Å². The van der Waals surface area contributed by atoms with Gasteiger partial charge in [0, 0.05) is 23.7 Å². The summed E-state index contributed by atoms with van der Waals surface area (Å²) in [5.41, 5.74) is 2.65. The number of thiazole rings is 1. The Balaban J connectivity index is 1.29. The first kappa shape index (κ1) is 20.7. The Labute approximate surface area is 190 Å². The standard InChI is InChI=1S/C21H17FN8O2S/c1-11(26-20(31)16-8-18(25-10-24-16)29-21-23-4-5-33-21)14-7-17(32-30-14)19-27-13-3-2-12(9-22)6-15(13)28-19/h2-8,10-11H,9H2,1H3,(H,26,31)(H,27,28)(H,23,24,25,29)/t11-/m1/s1. The summed E-state index contributed by atoms with van der Waals surface area (Å²) in [4.78, 5) is 32.5. The first-order valence-corrected chi connectivity index (χ1v) is 10.8. The molecule has 1 atom stereocenters. The Morgan fingerprint density at radius 1 is 1.24 bits per heavy atom. The van der Waals surface area contributed by atoms with E-state index in [1.165, 1.54) is 23.7 Å². The van der Waals surface area contributed by atoms with Gasteiger partial charge in [0.25, 0.3) is 5.91 Å². The summed E-state index contributed by atoms with van der Waals surface area (Å²) in [6, 6.07) is 7.89. The number of hydrogen-bond donors (Lipinski definition) is 3. The van der Waals surface area contributed by atoms with E-state index in [4.69, 9.17) is 4.52 Å². The van der Waals surface area contributed by atoms with Crippen LogP contribution in [-0.4, -0.2) is 36.0 Å². The van der Waals surface area contributed by atoms with E-state index in [2.05, 4.69) is 40.7 Å². The highest BCUT2D eigenvalue weighted by atomic mass is 32.1. The molecular weight excluding hydrogens is 447 g/mol. The van der Waals surface area contributed by atoms with Crippen LogP contribution in [0.3, 0.4) is 0 Å². The first-order valence-electron chi connectivity index (χ1n) is 9.90. The monoisotopic (exact) mass is 464 g/mol. The lowest BCUT2D eigenvalue weighted by atomic mass is 10.2. The minimum atomic E-state index is -0.553. The summed E-state index contributed by atoms with van der Waals surface area (Å²) in [5, 5.41) is 12.4. The number of nitrogens with zero attached hydrogens (tertiary/aromatic N) is 5. The second kappa shape index (κ2) is 8.74. The third-order valence-corrected chi connectivity index (χ3v) is 5.51. The SMILES string of the molecule is C[C@@H](NC(=O)c1cc(Nc2nccs2)ncn1)c1cc(-c2nc3ccc(CF)cc3[nH]2)on1. The highest BCUT2D eigenvalue weighted by Crippen LogP contribution is 2.24. The van der Waals surface area contributed by atoms with Crippen molar-refractivity contribution in [2.24, 2.45) is 0 Å². The number of fused-ring (bicyclic) bond motifs is 1. The van der Waals surface area contributed by atoms with Gasteiger partial charge < -0.3 is 20.1 Å². The number of halogens is 1. The Bertz CT molecular complexity index is 1410. The van der Waals surface area contributed by atoms with E-state index in [1.54, 1.807) is 37.4 Å². The van der Waals surface area contributed by atoms with Crippen LogP contribution in [-0.2, 0) is 6.67 Å². The van der Waals surface area contributed by atoms with Crippen molar-refractivity contribution in [3.63, 3.8) is 0 Å². The van der Waals surface area contributed by atoms with Gasteiger partial charge in [0.05, 0.1) is 17.1 Å². The maximum atomic E-state index is 12.9. The van der Waals surface area contributed by atoms with Crippen molar-refractivity contribution in [3.8, 4) is 11.6 Å². The maximum Gasteiger partial charge on any atom is 0.270 e. The molecule has 12 heteroatoms. The number of nitrogens with one attached hydrogen (secondary N) is 3. The zero-order valence-corrected chi connectivity index (χ0v) is 18.1. The second-order valence-electron chi connectivity index (χ2n) is 7.13. The average Bonchev–Trinajstić information content (AvgIpc) is 3.58. The van der Waals surface area contributed by atoms with E-state index >= 15 is 0 Å². The van der Waals surface area contributed by atoms with Crippen LogP contribution < -0.4 is 10.6 Å². The highest BCUT2D eigenvalue weighted by Gasteiger charge is 2.19. The molecule has 5 rings (SSSR count). The Kier molecular flexibility index (Phi) is 5.48. The second-order valence-corrected chi connectivity index (χ2v) is 8.03. The molecule has 0 spiro atoms. The third kappa shape index (κ3) is 4.41. The van der Waals surface area contributed by atoms with Gasteiger partial charge >= 0.3 is 0 Å². The largest absolute Gasteiger partial charge is 0.353 e. The number of carbonyl (C=O) groups is 1. The lowest BCUT2D eigenvalue weighted by Gasteiger charge is -2.10. The predicted molar refractivity (Wildman–Crippen MR) is 120 cm³/mol. The molecule has 0 aliphatic heterocycles. The van der Waals surface area contributed by atoms with E-state index in [0.717, 1.165) is 0 Å². The van der Waals surface area contributed by atoms with Crippen LogP contribution >= 0.6 is 11.3 Å². The number of rotatable bonds is 7. The van der Waals surface area contributed by atoms with Crippen molar-refractivity contribution in [1.82, 2.24) is 35.4 Å². The number of amides is 1. The van der Waals surface area contributed by atoms with Crippen LogP contribution in [0.2, 0.25) is 0 Å². The van der Waals surface area contributed by atoms with Crippen molar-refractivity contribution in [2.75, 3.05) is 5.32 Å². The topological polar surface area (TPSA) is 135 Å². The van der Waals surface area contributed by atoms with Crippen LogP contribution in [0.25, 0.3) is 22.6 Å². The van der Waals surface area contributed by atoms with Gasteiger partial charge in [0.1, 0.15) is 30.2 Å². The number of hydrogen-bond acceptors (Lipinski definition) is 9. The summed E-state index contributed by atoms with van der Waals surface area (Å²) < 4.78 is 18.3. The van der Waals surface area contributed by atoms with Crippen molar-refractivity contribution in [1.29, 1.82) is 0 Å². The van der Waals surface area contributed by atoms with Gasteiger partial charge in [-0.2, -0.15) is 0 Å². The molecular formula is C21H17FN8O2S.